The Morgan fingerprint density at radius 1 is 1.33 bits per heavy atom. The molecule has 0 aliphatic heterocycles. The first-order valence-corrected chi connectivity index (χ1v) is 7.55. The molecule has 1 amide bonds. The number of hydrogen-bond acceptors (Lipinski definition) is 3. The largest absolute Gasteiger partial charge is 0.489 e. The maximum atomic E-state index is 11.2. The van der Waals surface area contributed by atoms with Crippen molar-refractivity contribution in [1.82, 2.24) is 5.32 Å². The van der Waals surface area contributed by atoms with Gasteiger partial charge in [-0.2, -0.15) is 0 Å². The molecule has 1 aliphatic carbocycles. The molecule has 1 saturated carbocycles. The molecule has 0 aromatic heterocycles. The summed E-state index contributed by atoms with van der Waals surface area (Å²) in [4.78, 5) is 11.2. The molecule has 0 atom stereocenters. The van der Waals surface area contributed by atoms with Crippen molar-refractivity contribution >= 4 is 5.91 Å². The predicted octanol–water partition coefficient (Wildman–Crippen LogP) is 2.39. The smallest absolute Gasteiger partial charge is 0.220 e. The Hall–Kier alpha value is -1.81. The lowest BCUT2D eigenvalue weighted by atomic mass is 9.85. The molecule has 1 aromatic rings. The Morgan fingerprint density at radius 2 is 2.05 bits per heavy atom. The highest BCUT2D eigenvalue weighted by atomic mass is 16.5. The maximum Gasteiger partial charge on any atom is 0.220 e. The summed E-state index contributed by atoms with van der Waals surface area (Å²) < 4.78 is 5.66. The highest BCUT2D eigenvalue weighted by molar-refractivity contribution is 5.76. The lowest BCUT2D eigenvalue weighted by Crippen LogP contribution is -2.36. The zero-order valence-corrected chi connectivity index (χ0v) is 12.4. The van der Waals surface area contributed by atoms with Gasteiger partial charge in [-0.3, -0.25) is 4.79 Å². The van der Waals surface area contributed by atoms with Gasteiger partial charge in [0.15, 0.2) is 0 Å². The zero-order chi connectivity index (χ0) is 15.1. The van der Waals surface area contributed by atoms with E-state index in [0.717, 1.165) is 43.5 Å². The number of hydrogen-bond donors (Lipinski definition) is 2. The molecular formula is C17H24N2O2. The fraction of sp³-hybridized carbons (Fsp3) is 0.471. The molecule has 3 N–H and O–H groups in total. The van der Waals surface area contributed by atoms with Gasteiger partial charge in [0, 0.05) is 24.1 Å². The quantitative estimate of drug-likeness (QED) is 0.757. The Kier molecular flexibility index (Phi) is 5.81. The minimum atomic E-state index is -0.156. The van der Waals surface area contributed by atoms with Crippen LogP contribution in [0.15, 0.2) is 36.9 Å². The summed E-state index contributed by atoms with van der Waals surface area (Å²) in [5, 5.41) is 3.56. The van der Waals surface area contributed by atoms with Crippen LogP contribution < -0.4 is 15.8 Å². The Morgan fingerprint density at radius 3 is 2.71 bits per heavy atom. The summed E-state index contributed by atoms with van der Waals surface area (Å²) >= 11 is 0. The van der Waals surface area contributed by atoms with Gasteiger partial charge >= 0.3 is 0 Å². The number of benzene rings is 1. The van der Waals surface area contributed by atoms with E-state index in [0.29, 0.717) is 12.6 Å². The van der Waals surface area contributed by atoms with Crippen molar-refractivity contribution in [3.8, 4) is 5.75 Å². The summed E-state index contributed by atoms with van der Waals surface area (Å²) in [5.74, 6) is 0.804. The second-order valence-electron chi connectivity index (χ2n) is 5.54. The summed E-state index contributed by atoms with van der Waals surface area (Å²) in [6, 6.07) is 8.49. The molecule has 21 heavy (non-hydrogen) atoms. The molecule has 2 rings (SSSR count). The van der Waals surface area contributed by atoms with Gasteiger partial charge in [0.05, 0.1) is 0 Å². The van der Waals surface area contributed by atoms with E-state index in [4.69, 9.17) is 10.5 Å². The molecular weight excluding hydrogens is 264 g/mol. The van der Waals surface area contributed by atoms with Crippen LogP contribution in [-0.4, -0.2) is 18.6 Å². The van der Waals surface area contributed by atoms with Gasteiger partial charge < -0.3 is 15.8 Å². The van der Waals surface area contributed by atoms with Crippen LogP contribution in [-0.2, 0) is 11.3 Å². The number of ether oxygens (including phenoxy) is 1. The fourth-order valence-electron chi connectivity index (χ4n) is 2.78. The van der Waals surface area contributed by atoms with Gasteiger partial charge in [-0.25, -0.2) is 0 Å². The lowest BCUT2D eigenvalue weighted by Gasteiger charge is -2.27. The van der Waals surface area contributed by atoms with E-state index < -0.39 is 0 Å². The molecule has 0 spiro atoms. The minimum Gasteiger partial charge on any atom is -0.489 e. The standard InChI is InChI=1S/C17H24N2O2/c1-2-11-21-16-6-4-3-5-14(16)12-19-15-9-7-13(8-10-15)17(18)20/h2-6,13,15,19H,1,7-12H2,(H2,18,20). The summed E-state index contributed by atoms with van der Waals surface area (Å²) in [6.07, 6.45) is 5.53. The first-order chi connectivity index (χ1) is 10.2. The molecule has 1 fully saturated rings. The van der Waals surface area contributed by atoms with Gasteiger partial charge in [0.1, 0.15) is 12.4 Å². The van der Waals surface area contributed by atoms with Gasteiger partial charge in [-0.05, 0) is 31.7 Å². The molecule has 0 bridgehead atoms. The molecule has 0 heterocycles. The third-order valence-corrected chi connectivity index (χ3v) is 4.04. The van der Waals surface area contributed by atoms with E-state index in [1.165, 1.54) is 0 Å². The number of amides is 1. The fourth-order valence-corrected chi connectivity index (χ4v) is 2.78. The van der Waals surface area contributed by atoms with Crippen LogP contribution in [0.4, 0.5) is 0 Å². The summed E-state index contributed by atoms with van der Waals surface area (Å²) in [5.41, 5.74) is 6.51. The molecule has 0 radical (unpaired) electrons. The predicted molar refractivity (Wildman–Crippen MR) is 83.9 cm³/mol. The van der Waals surface area contributed by atoms with Crippen molar-refractivity contribution in [3.63, 3.8) is 0 Å². The van der Waals surface area contributed by atoms with Gasteiger partial charge in [0.2, 0.25) is 5.91 Å². The van der Waals surface area contributed by atoms with E-state index in [1.54, 1.807) is 6.08 Å². The van der Waals surface area contributed by atoms with Gasteiger partial charge in [0.25, 0.3) is 0 Å². The molecule has 114 valence electrons. The first kappa shape index (κ1) is 15.6. The monoisotopic (exact) mass is 288 g/mol. The second-order valence-corrected chi connectivity index (χ2v) is 5.54. The Bertz CT molecular complexity index is 479. The number of nitrogens with one attached hydrogen (secondary N) is 1. The SMILES string of the molecule is C=CCOc1ccccc1CNC1CCC(C(N)=O)CC1. The van der Waals surface area contributed by atoms with Crippen molar-refractivity contribution < 1.29 is 9.53 Å². The average molecular weight is 288 g/mol. The third kappa shape index (κ3) is 4.60. The number of para-hydroxylation sites is 1. The van der Waals surface area contributed by atoms with E-state index in [1.807, 2.05) is 18.2 Å². The van der Waals surface area contributed by atoms with Gasteiger partial charge in [-0.15, -0.1) is 0 Å². The molecule has 1 aliphatic rings. The second kappa shape index (κ2) is 7.84. The average Bonchev–Trinajstić information content (AvgIpc) is 2.52. The number of carbonyl (C=O) groups excluding carboxylic acids is 1. The zero-order valence-electron chi connectivity index (χ0n) is 12.4. The van der Waals surface area contributed by atoms with Crippen LogP contribution in [0.1, 0.15) is 31.2 Å². The van der Waals surface area contributed by atoms with Crippen LogP contribution in [0.2, 0.25) is 0 Å². The number of primary amides is 1. The Balaban J connectivity index is 1.83. The van der Waals surface area contributed by atoms with E-state index in [2.05, 4.69) is 18.0 Å². The molecule has 4 heteroatoms. The number of nitrogens with two attached hydrogens (primary N) is 1. The van der Waals surface area contributed by atoms with Crippen molar-refractivity contribution in [2.24, 2.45) is 11.7 Å². The maximum absolute atomic E-state index is 11.2. The van der Waals surface area contributed by atoms with Crippen molar-refractivity contribution in [1.29, 1.82) is 0 Å². The molecule has 0 unspecified atom stereocenters. The molecule has 1 aromatic carbocycles. The highest BCUT2D eigenvalue weighted by Gasteiger charge is 2.24. The van der Waals surface area contributed by atoms with Crippen LogP contribution in [0, 0.1) is 5.92 Å². The topological polar surface area (TPSA) is 64.3 Å². The van der Waals surface area contributed by atoms with Gasteiger partial charge in [-0.1, -0.05) is 30.9 Å². The van der Waals surface area contributed by atoms with Crippen molar-refractivity contribution in [2.75, 3.05) is 6.61 Å². The summed E-state index contributed by atoms with van der Waals surface area (Å²) in [7, 11) is 0. The third-order valence-electron chi connectivity index (χ3n) is 4.04. The molecule has 0 saturated heterocycles. The van der Waals surface area contributed by atoms with E-state index in [9.17, 15) is 4.79 Å². The Labute approximate surface area is 126 Å². The normalized spacial score (nSPS) is 21.7. The van der Waals surface area contributed by atoms with E-state index >= 15 is 0 Å². The van der Waals surface area contributed by atoms with E-state index in [-0.39, 0.29) is 11.8 Å². The molecule has 4 nitrogen and oxygen atoms in total. The van der Waals surface area contributed by atoms with Crippen LogP contribution >= 0.6 is 0 Å². The van der Waals surface area contributed by atoms with Crippen LogP contribution in [0.25, 0.3) is 0 Å². The van der Waals surface area contributed by atoms with Crippen molar-refractivity contribution in [2.45, 2.75) is 38.3 Å². The lowest BCUT2D eigenvalue weighted by molar-refractivity contribution is -0.122. The van der Waals surface area contributed by atoms with Crippen LogP contribution in [0.5, 0.6) is 5.75 Å². The van der Waals surface area contributed by atoms with Crippen LogP contribution in [0.3, 0.4) is 0 Å². The van der Waals surface area contributed by atoms with Crippen molar-refractivity contribution in [3.05, 3.63) is 42.5 Å². The minimum absolute atomic E-state index is 0.0614. The number of rotatable bonds is 7. The number of carbonyl (C=O) groups is 1. The summed E-state index contributed by atoms with van der Waals surface area (Å²) in [6.45, 7) is 4.96. The first-order valence-electron chi connectivity index (χ1n) is 7.55. The highest BCUT2D eigenvalue weighted by Crippen LogP contribution is 2.25.